The maximum Gasteiger partial charge on any atom is 0.176 e. The van der Waals surface area contributed by atoms with E-state index in [0.717, 1.165) is 11.1 Å². The average molecular weight is 480 g/mol. The highest BCUT2D eigenvalue weighted by atomic mass is 32.2. The van der Waals surface area contributed by atoms with Gasteiger partial charge in [0.05, 0.1) is 12.3 Å². The van der Waals surface area contributed by atoms with Crippen molar-refractivity contribution in [1.29, 1.82) is 0 Å². The van der Waals surface area contributed by atoms with Crippen LogP contribution in [-0.4, -0.2) is 37.4 Å². The molecule has 3 aromatic carbocycles. The molecule has 0 fully saturated rings. The molecule has 180 valence electrons. The summed E-state index contributed by atoms with van der Waals surface area (Å²) in [5.41, 5.74) is 2.87. The number of benzene rings is 3. The van der Waals surface area contributed by atoms with Crippen LogP contribution in [-0.2, 0) is 28.7 Å². The molecule has 0 radical (unpaired) electrons. The van der Waals surface area contributed by atoms with Crippen molar-refractivity contribution < 1.29 is 17.9 Å². The molecule has 0 aliphatic rings. The molecule has 0 atom stereocenters. The molecule has 0 unspecified atom stereocenters. The maximum atomic E-state index is 13.3. The third kappa shape index (κ3) is 7.82. The van der Waals surface area contributed by atoms with Crippen LogP contribution in [0, 0.1) is 0 Å². The summed E-state index contributed by atoms with van der Waals surface area (Å²) in [5.74, 6) is 0.226. The van der Waals surface area contributed by atoms with E-state index < -0.39 is 9.84 Å². The van der Waals surface area contributed by atoms with E-state index >= 15 is 0 Å². The predicted molar refractivity (Wildman–Crippen MR) is 137 cm³/mol. The van der Waals surface area contributed by atoms with E-state index in [4.69, 9.17) is 4.74 Å². The first-order chi connectivity index (χ1) is 16.0. The van der Waals surface area contributed by atoms with Crippen molar-refractivity contribution in [2.75, 3.05) is 12.8 Å². The molecular formula is C28H33NO4S. The van der Waals surface area contributed by atoms with Gasteiger partial charge in [-0.25, -0.2) is 8.42 Å². The highest BCUT2D eigenvalue weighted by molar-refractivity contribution is 7.89. The Labute approximate surface area is 203 Å². The number of hydrogen-bond acceptors (Lipinski definition) is 5. The van der Waals surface area contributed by atoms with Gasteiger partial charge in [-0.2, -0.15) is 0 Å². The molecule has 0 heterocycles. The fraction of sp³-hybridized carbons (Fsp3) is 0.321. The highest BCUT2D eigenvalue weighted by Gasteiger charge is 2.25. The molecule has 0 aliphatic carbocycles. The monoisotopic (exact) mass is 479 g/mol. The lowest BCUT2D eigenvalue weighted by molar-refractivity contribution is 0.0793. The van der Waals surface area contributed by atoms with Crippen LogP contribution < -0.4 is 4.74 Å². The highest BCUT2D eigenvalue weighted by Crippen LogP contribution is 2.25. The molecule has 5 nitrogen and oxygen atoms in total. The van der Waals surface area contributed by atoms with Crippen molar-refractivity contribution in [3.05, 3.63) is 101 Å². The number of nitrogens with zero attached hydrogens (tertiary/aromatic N) is 1. The minimum absolute atomic E-state index is 0.0600. The van der Waals surface area contributed by atoms with E-state index in [2.05, 4.69) is 25.7 Å². The summed E-state index contributed by atoms with van der Waals surface area (Å²) in [6, 6.07) is 24.8. The molecule has 0 amide bonds. The van der Waals surface area contributed by atoms with Gasteiger partial charge < -0.3 is 4.74 Å². The second-order valence-electron chi connectivity index (χ2n) is 9.60. The van der Waals surface area contributed by atoms with Crippen molar-refractivity contribution >= 4 is 15.6 Å². The zero-order valence-electron chi connectivity index (χ0n) is 20.3. The Hall–Kier alpha value is -2.96. The molecule has 0 N–H and O–H groups in total. The van der Waals surface area contributed by atoms with Gasteiger partial charge in [0.25, 0.3) is 0 Å². The minimum atomic E-state index is -3.31. The van der Waals surface area contributed by atoms with Crippen LogP contribution in [0.15, 0.2) is 78.9 Å². The van der Waals surface area contributed by atoms with Crippen LogP contribution >= 0.6 is 0 Å². The lowest BCUT2D eigenvalue weighted by Crippen LogP contribution is -2.43. The van der Waals surface area contributed by atoms with Gasteiger partial charge in [-0.1, -0.05) is 60.7 Å². The zero-order chi connectivity index (χ0) is 24.8. The van der Waals surface area contributed by atoms with Crippen LogP contribution in [0.5, 0.6) is 5.75 Å². The van der Waals surface area contributed by atoms with Crippen molar-refractivity contribution in [3.8, 4) is 5.75 Å². The van der Waals surface area contributed by atoms with Gasteiger partial charge in [-0.3, -0.25) is 9.69 Å². The summed E-state index contributed by atoms with van der Waals surface area (Å²) in [6.07, 6.45) is 1.18. The first-order valence-electron chi connectivity index (χ1n) is 11.3. The van der Waals surface area contributed by atoms with Crippen LogP contribution in [0.2, 0.25) is 0 Å². The Morgan fingerprint density at radius 2 is 1.47 bits per heavy atom. The average Bonchev–Trinajstić information content (AvgIpc) is 2.77. The molecular weight excluding hydrogens is 446 g/mol. The number of carbonyl (C=O) groups is 1. The summed E-state index contributed by atoms with van der Waals surface area (Å²) in [6.45, 7) is 7.43. The summed E-state index contributed by atoms with van der Waals surface area (Å²) in [7, 11) is -3.31. The number of carbonyl (C=O) groups excluding carboxylic acids is 1. The summed E-state index contributed by atoms with van der Waals surface area (Å²) in [4.78, 5) is 15.4. The number of hydrogen-bond donors (Lipinski definition) is 0. The van der Waals surface area contributed by atoms with Crippen LogP contribution in [0.3, 0.4) is 0 Å². The molecule has 6 heteroatoms. The van der Waals surface area contributed by atoms with E-state index in [-0.39, 0.29) is 23.6 Å². The molecule has 0 saturated heterocycles. The van der Waals surface area contributed by atoms with Gasteiger partial charge >= 0.3 is 0 Å². The number of ketones is 1. The van der Waals surface area contributed by atoms with Crippen molar-refractivity contribution in [2.45, 2.75) is 45.2 Å². The predicted octanol–water partition coefficient (Wildman–Crippen LogP) is 5.29. The normalized spacial score (nSPS) is 12.0. The Balaban J connectivity index is 1.82. The fourth-order valence-electron chi connectivity index (χ4n) is 3.62. The lowest BCUT2D eigenvalue weighted by atomic mass is 10.0. The van der Waals surface area contributed by atoms with E-state index in [1.54, 1.807) is 18.2 Å². The van der Waals surface area contributed by atoms with E-state index in [9.17, 15) is 13.2 Å². The molecule has 3 rings (SSSR count). The van der Waals surface area contributed by atoms with Crippen molar-refractivity contribution in [1.82, 2.24) is 4.90 Å². The first kappa shape index (κ1) is 25.7. The summed E-state index contributed by atoms with van der Waals surface area (Å²) in [5, 5.41) is 0. The molecule has 34 heavy (non-hydrogen) atoms. The quantitative estimate of drug-likeness (QED) is 0.370. The van der Waals surface area contributed by atoms with Crippen molar-refractivity contribution in [3.63, 3.8) is 0 Å². The van der Waals surface area contributed by atoms with Crippen LogP contribution in [0.1, 0.15) is 47.8 Å². The Bertz CT molecular complexity index is 1200. The summed E-state index contributed by atoms with van der Waals surface area (Å²) < 4.78 is 30.1. The minimum Gasteiger partial charge on any atom is -0.489 e. The molecule has 0 saturated carbocycles. The maximum absolute atomic E-state index is 13.3. The number of rotatable bonds is 10. The molecule has 0 aliphatic heterocycles. The standard InChI is InChI=1S/C28H33NO4S/c1-28(2,3)29(18-22-11-7-5-8-12-22)19-26(30)24-15-16-27(25(17-24)21-34(4,31)32)33-20-23-13-9-6-10-14-23/h5-17H,18-21H2,1-4H3. The smallest absolute Gasteiger partial charge is 0.176 e. The van der Waals surface area contributed by atoms with Gasteiger partial charge in [0.2, 0.25) is 0 Å². The molecule has 3 aromatic rings. The SMILES string of the molecule is CC(C)(C)N(CC(=O)c1ccc(OCc2ccccc2)c(CS(C)(=O)=O)c1)Cc1ccccc1. The number of sulfone groups is 1. The van der Waals surface area contributed by atoms with Crippen LogP contribution in [0.25, 0.3) is 0 Å². The molecule has 0 aromatic heterocycles. The zero-order valence-corrected chi connectivity index (χ0v) is 21.1. The topological polar surface area (TPSA) is 63.7 Å². The Morgan fingerprint density at radius 3 is 2.03 bits per heavy atom. The third-order valence-corrected chi connectivity index (χ3v) is 6.37. The first-order valence-corrected chi connectivity index (χ1v) is 13.4. The van der Waals surface area contributed by atoms with E-state index in [1.807, 2.05) is 60.7 Å². The molecule has 0 spiro atoms. The Kier molecular flexibility index (Phi) is 8.28. The largest absolute Gasteiger partial charge is 0.489 e. The Morgan fingerprint density at radius 1 is 0.882 bits per heavy atom. The van der Waals surface area contributed by atoms with Gasteiger partial charge in [0, 0.05) is 29.5 Å². The summed E-state index contributed by atoms with van der Waals surface area (Å²) >= 11 is 0. The van der Waals surface area contributed by atoms with E-state index in [1.165, 1.54) is 6.26 Å². The third-order valence-electron chi connectivity index (χ3n) is 5.54. The fourth-order valence-corrected chi connectivity index (χ4v) is 4.41. The van der Waals surface area contributed by atoms with Crippen LogP contribution in [0.4, 0.5) is 0 Å². The second-order valence-corrected chi connectivity index (χ2v) is 11.7. The molecule has 0 bridgehead atoms. The van der Waals surface area contributed by atoms with Crippen molar-refractivity contribution in [2.24, 2.45) is 0 Å². The number of ether oxygens (including phenoxy) is 1. The van der Waals surface area contributed by atoms with Gasteiger partial charge in [-0.05, 0) is 50.1 Å². The van der Waals surface area contributed by atoms with E-state index in [0.29, 0.717) is 30.0 Å². The lowest BCUT2D eigenvalue weighted by Gasteiger charge is -2.35. The van der Waals surface area contributed by atoms with Gasteiger partial charge in [0.15, 0.2) is 15.6 Å². The van der Waals surface area contributed by atoms with Gasteiger partial charge in [0.1, 0.15) is 12.4 Å². The number of Topliss-reactive ketones (excluding diaryl/α,β-unsaturated/α-hetero) is 1. The second kappa shape index (κ2) is 11.0. The van der Waals surface area contributed by atoms with Gasteiger partial charge in [-0.15, -0.1) is 0 Å².